The molecule has 0 unspecified atom stereocenters. The lowest BCUT2D eigenvalue weighted by Crippen LogP contribution is -2.62. The van der Waals surface area contributed by atoms with Crippen molar-refractivity contribution in [3.8, 4) is 35.2 Å². The molecule has 14 heteroatoms. The van der Waals surface area contributed by atoms with E-state index in [1.807, 2.05) is 25.7 Å². The van der Waals surface area contributed by atoms with Gasteiger partial charge in [-0.15, -0.1) is 6.42 Å². The van der Waals surface area contributed by atoms with Crippen LogP contribution in [0.5, 0.6) is 11.8 Å². The van der Waals surface area contributed by atoms with Crippen molar-refractivity contribution in [2.75, 3.05) is 45.0 Å². The number of hydrogen-bond acceptors (Lipinski definition) is 9. The lowest BCUT2D eigenvalue weighted by Gasteiger charge is -2.48. The van der Waals surface area contributed by atoms with Crippen LogP contribution in [-0.2, 0) is 15.9 Å². The first kappa shape index (κ1) is 38.6. The minimum Gasteiger partial charge on any atom is -0.468 e. The molecule has 0 aliphatic carbocycles. The number of amides is 1. The summed E-state index contributed by atoms with van der Waals surface area (Å²) in [6.45, 7) is 6.89. The van der Waals surface area contributed by atoms with Gasteiger partial charge in [-0.05, 0) is 95.8 Å². The summed E-state index contributed by atoms with van der Waals surface area (Å²) in [5.41, 5.74) is -1.77. The van der Waals surface area contributed by atoms with E-state index in [0.717, 1.165) is 32.2 Å². The van der Waals surface area contributed by atoms with Crippen molar-refractivity contribution in [1.82, 2.24) is 19.8 Å². The van der Waals surface area contributed by atoms with Crippen LogP contribution >= 0.6 is 0 Å². The number of carbonyl (C=O) groups excluding carboxylic acids is 1. The van der Waals surface area contributed by atoms with Gasteiger partial charge < -0.3 is 23.8 Å². The molecule has 10 nitrogen and oxygen atoms in total. The van der Waals surface area contributed by atoms with Gasteiger partial charge >= 0.3 is 12.1 Å². The highest BCUT2D eigenvalue weighted by atomic mass is 19.1. The third-order valence-corrected chi connectivity index (χ3v) is 12.7. The third kappa shape index (κ3) is 6.36. The summed E-state index contributed by atoms with van der Waals surface area (Å²) in [6.07, 6.45) is 9.16. The number of alkyl halides is 1. The first-order chi connectivity index (χ1) is 27.8. The number of rotatable bonds is 7. The van der Waals surface area contributed by atoms with Gasteiger partial charge in [-0.25, -0.2) is 22.4 Å². The fraction of sp³-hybridized carbons (Fsp3) is 0.523. The molecule has 5 aliphatic rings. The molecule has 0 spiro atoms. The maximum atomic E-state index is 17.8. The van der Waals surface area contributed by atoms with Crippen LogP contribution in [0, 0.1) is 29.8 Å². The Kier molecular flexibility index (Phi) is 9.62. The lowest BCUT2D eigenvalue weighted by atomic mass is 9.87. The number of anilines is 1. The summed E-state index contributed by atoms with van der Waals surface area (Å²) in [7, 11) is 1.45. The van der Waals surface area contributed by atoms with E-state index in [-0.39, 0.29) is 88.8 Å². The van der Waals surface area contributed by atoms with Crippen LogP contribution in [0.4, 0.5) is 28.2 Å². The second-order valence-electron chi connectivity index (χ2n) is 17.4. The van der Waals surface area contributed by atoms with Crippen molar-refractivity contribution in [2.45, 2.75) is 108 Å². The zero-order valence-electron chi connectivity index (χ0n) is 33.2. The number of nitrogens with zero attached hydrogens (tertiary/aromatic N) is 5. The predicted molar refractivity (Wildman–Crippen MR) is 210 cm³/mol. The summed E-state index contributed by atoms with van der Waals surface area (Å²) in [5, 5.41) is 0.771. The van der Waals surface area contributed by atoms with E-state index < -0.39 is 40.3 Å². The van der Waals surface area contributed by atoms with Gasteiger partial charge in [0.2, 0.25) is 0 Å². The standard InChI is InChI=1S/C44H47F4N5O5/c1-6-28-31(46)13-11-24-17-27(57-23-55-5)18-30(34(24)28)35-37(47)29-9-7-10-32-33-14-12-26(53(33)42(54)58-43(2,3)4)21-52(32)40-36(29)39(38(35)48)49-41(50-40)56-22-44-15-8-16-51(44)20-25(45)19-44/h1,11,13,17-18,25-26,32-33H,7-10,12,14-16,19-23H2,2-5H3/t25-,26-,32-,33+,44+/m1/s1. The predicted octanol–water partition coefficient (Wildman–Crippen LogP) is 8.08. The SMILES string of the molecule is C#Cc1c(F)ccc2cc(OCOC)cc(-c3c(F)c4c5c(nc(OC[C@@]67CCCN6C[C@H](F)C7)nc5c3F)N3C[C@H]5CC[C@@H]([C@H]3CCC4)N5C(=O)OC(C)(C)C)c12. The van der Waals surface area contributed by atoms with E-state index in [0.29, 0.717) is 43.6 Å². The molecule has 4 fully saturated rings. The fourth-order valence-corrected chi connectivity index (χ4v) is 10.4. The second kappa shape index (κ2) is 14.4. The highest BCUT2D eigenvalue weighted by molar-refractivity contribution is 6.05. The van der Waals surface area contributed by atoms with Crippen molar-refractivity contribution >= 4 is 33.6 Å². The Balaban J connectivity index is 1.24. The van der Waals surface area contributed by atoms with Gasteiger partial charge in [0.1, 0.15) is 47.1 Å². The molecule has 306 valence electrons. The van der Waals surface area contributed by atoms with Crippen molar-refractivity contribution in [3.63, 3.8) is 0 Å². The first-order valence-corrected chi connectivity index (χ1v) is 20.2. The lowest BCUT2D eigenvalue weighted by molar-refractivity contribution is 0.00699. The molecule has 0 radical (unpaired) electrons. The molecule has 6 heterocycles. The monoisotopic (exact) mass is 801 g/mol. The van der Waals surface area contributed by atoms with E-state index in [1.165, 1.54) is 25.3 Å². The van der Waals surface area contributed by atoms with Gasteiger partial charge in [-0.1, -0.05) is 12.0 Å². The summed E-state index contributed by atoms with van der Waals surface area (Å²) in [6, 6.07) is 4.95. The number of terminal acetylenes is 1. The third-order valence-electron chi connectivity index (χ3n) is 12.7. The van der Waals surface area contributed by atoms with E-state index in [2.05, 4.69) is 15.7 Å². The van der Waals surface area contributed by atoms with Gasteiger partial charge in [0.15, 0.2) is 12.6 Å². The maximum absolute atomic E-state index is 17.8. The number of aromatic nitrogens is 2. The van der Waals surface area contributed by atoms with E-state index in [4.69, 9.17) is 35.3 Å². The molecule has 1 aromatic heterocycles. The average Bonchev–Trinajstić information content (AvgIpc) is 3.82. The molecule has 5 atom stereocenters. The summed E-state index contributed by atoms with van der Waals surface area (Å²) < 4.78 is 88.7. The van der Waals surface area contributed by atoms with E-state index >= 15 is 13.2 Å². The molecular weight excluding hydrogens is 755 g/mol. The number of aryl methyl sites for hydroxylation is 1. The number of carbonyl (C=O) groups is 1. The highest BCUT2D eigenvalue weighted by Crippen LogP contribution is 2.48. The molecule has 58 heavy (non-hydrogen) atoms. The van der Waals surface area contributed by atoms with Crippen LogP contribution in [0.2, 0.25) is 0 Å². The number of halogens is 4. The number of ether oxygens (including phenoxy) is 4. The van der Waals surface area contributed by atoms with Crippen molar-refractivity contribution in [1.29, 1.82) is 0 Å². The zero-order chi connectivity index (χ0) is 40.7. The summed E-state index contributed by atoms with van der Waals surface area (Å²) in [4.78, 5) is 29.3. The van der Waals surface area contributed by atoms with E-state index in [1.54, 1.807) is 6.07 Å². The van der Waals surface area contributed by atoms with Gasteiger partial charge in [0.25, 0.3) is 0 Å². The van der Waals surface area contributed by atoms with Gasteiger partial charge in [-0.3, -0.25) is 9.80 Å². The number of piperazine rings is 1. The molecule has 0 saturated carbocycles. The quantitative estimate of drug-likeness (QED) is 0.105. The number of fused-ring (bicyclic) bond motifs is 7. The van der Waals surface area contributed by atoms with Crippen LogP contribution in [0.15, 0.2) is 24.3 Å². The number of methoxy groups -OCH3 is 1. The molecule has 1 amide bonds. The number of hydrogen-bond donors (Lipinski definition) is 0. The Labute approximate surface area is 334 Å². The molecule has 2 bridgehead atoms. The Morgan fingerprint density at radius 1 is 1.02 bits per heavy atom. The molecule has 4 saturated heterocycles. The summed E-state index contributed by atoms with van der Waals surface area (Å²) in [5.74, 6) is 0.389. The van der Waals surface area contributed by atoms with Crippen LogP contribution in [0.1, 0.15) is 76.8 Å². The minimum atomic E-state index is -1.000. The molecule has 9 rings (SSSR count). The maximum Gasteiger partial charge on any atom is 0.410 e. The van der Waals surface area contributed by atoms with Crippen LogP contribution in [0.25, 0.3) is 32.8 Å². The second-order valence-corrected chi connectivity index (χ2v) is 17.4. The first-order valence-electron chi connectivity index (χ1n) is 20.2. The highest BCUT2D eigenvalue weighted by Gasteiger charge is 2.52. The molecule has 0 N–H and O–H groups in total. The van der Waals surface area contributed by atoms with Crippen molar-refractivity contribution in [3.05, 3.63) is 52.8 Å². The van der Waals surface area contributed by atoms with Crippen LogP contribution in [-0.4, -0.2) is 101 Å². The van der Waals surface area contributed by atoms with Crippen molar-refractivity contribution in [2.24, 2.45) is 0 Å². The zero-order valence-corrected chi connectivity index (χ0v) is 33.2. The Morgan fingerprint density at radius 2 is 1.84 bits per heavy atom. The average molecular weight is 802 g/mol. The molecule has 4 aromatic rings. The van der Waals surface area contributed by atoms with Gasteiger partial charge in [-0.2, -0.15) is 9.97 Å². The normalized spacial score (nSPS) is 25.4. The Bertz CT molecular complexity index is 2370. The fourth-order valence-electron chi connectivity index (χ4n) is 10.4. The van der Waals surface area contributed by atoms with Gasteiger partial charge in [0, 0.05) is 43.1 Å². The number of benzene rings is 3. The Hall–Kier alpha value is -4.87. The van der Waals surface area contributed by atoms with E-state index in [9.17, 15) is 9.18 Å². The minimum absolute atomic E-state index is 0.00350. The molecule has 5 aliphatic heterocycles. The van der Waals surface area contributed by atoms with Crippen LogP contribution in [0.3, 0.4) is 0 Å². The largest absolute Gasteiger partial charge is 0.468 e. The summed E-state index contributed by atoms with van der Waals surface area (Å²) >= 11 is 0. The van der Waals surface area contributed by atoms with Crippen LogP contribution < -0.4 is 14.4 Å². The topological polar surface area (TPSA) is 89.5 Å². The Morgan fingerprint density at radius 3 is 2.62 bits per heavy atom. The van der Waals surface area contributed by atoms with Gasteiger partial charge in [0.05, 0.1) is 40.2 Å². The molecular formula is C44H47F4N5O5. The van der Waals surface area contributed by atoms with Crippen molar-refractivity contribution < 1.29 is 41.3 Å². The smallest absolute Gasteiger partial charge is 0.410 e. The molecule has 3 aromatic carbocycles.